The number of hydrogen-bond acceptors (Lipinski definition) is 4. The molecule has 0 radical (unpaired) electrons. The summed E-state index contributed by atoms with van der Waals surface area (Å²) in [7, 11) is 4.15. The Morgan fingerprint density at radius 3 is 2.50 bits per heavy atom. The van der Waals surface area contributed by atoms with E-state index in [2.05, 4.69) is 19.0 Å². The molecule has 0 aliphatic carbocycles. The minimum Gasteiger partial charge on any atom is -0.484 e. The van der Waals surface area contributed by atoms with Crippen LogP contribution in [0.5, 0.6) is 5.75 Å². The van der Waals surface area contributed by atoms with Crippen LogP contribution in [0.2, 0.25) is 0 Å². The van der Waals surface area contributed by atoms with Crippen LogP contribution in [0.1, 0.15) is 48.9 Å². The van der Waals surface area contributed by atoms with Crippen LogP contribution in [0, 0.1) is 0 Å². The minimum atomic E-state index is 0.0257. The maximum Gasteiger partial charge on any atom is 0.260 e. The van der Waals surface area contributed by atoms with Gasteiger partial charge in [-0.25, -0.2) is 0 Å². The highest BCUT2D eigenvalue weighted by Gasteiger charge is 2.24. The second-order valence-electron chi connectivity index (χ2n) is 8.12. The summed E-state index contributed by atoms with van der Waals surface area (Å²) in [6.45, 7) is 3.22. The first-order chi connectivity index (χ1) is 13.5. The van der Waals surface area contributed by atoms with Gasteiger partial charge in [0.1, 0.15) is 5.75 Å². The number of likely N-dealkylation sites (tertiary alicyclic amines) is 2. The van der Waals surface area contributed by atoms with E-state index in [1.165, 1.54) is 6.42 Å². The summed E-state index contributed by atoms with van der Waals surface area (Å²) in [6.07, 6.45) is 6.64. The summed E-state index contributed by atoms with van der Waals surface area (Å²) in [4.78, 5) is 31.4. The lowest BCUT2D eigenvalue weighted by Crippen LogP contribution is -2.41. The molecular formula is C22H33N3O3. The van der Waals surface area contributed by atoms with E-state index in [9.17, 15) is 9.59 Å². The van der Waals surface area contributed by atoms with Gasteiger partial charge in [0.05, 0.1) is 0 Å². The van der Waals surface area contributed by atoms with Crippen LogP contribution < -0.4 is 4.74 Å². The van der Waals surface area contributed by atoms with E-state index in [0.29, 0.717) is 17.4 Å². The predicted molar refractivity (Wildman–Crippen MR) is 110 cm³/mol. The molecule has 6 heteroatoms. The van der Waals surface area contributed by atoms with Crippen LogP contribution in [0.25, 0.3) is 0 Å². The molecule has 0 bridgehead atoms. The van der Waals surface area contributed by atoms with Crippen molar-refractivity contribution < 1.29 is 14.3 Å². The summed E-state index contributed by atoms with van der Waals surface area (Å²) >= 11 is 0. The average molecular weight is 388 g/mol. The minimum absolute atomic E-state index is 0.0257. The van der Waals surface area contributed by atoms with E-state index in [1.54, 1.807) is 6.07 Å². The SMILES string of the molecule is CN(C)C1CCCCN(C(=O)c2cccc(OCC(=O)N3CCCCC3)c2)C1. The molecule has 0 spiro atoms. The highest BCUT2D eigenvalue weighted by Crippen LogP contribution is 2.19. The molecule has 2 saturated heterocycles. The van der Waals surface area contributed by atoms with Crippen molar-refractivity contribution in [2.24, 2.45) is 0 Å². The number of rotatable bonds is 5. The average Bonchev–Trinajstić information content (AvgIpc) is 2.99. The van der Waals surface area contributed by atoms with E-state index < -0.39 is 0 Å². The van der Waals surface area contributed by atoms with Gasteiger partial charge in [0.25, 0.3) is 11.8 Å². The molecule has 2 aliphatic rings. The van der Waals surface area contributed by atoms with Crippen LogP contribution in [0.4, 0.5) is 0 Å². The second-order valence-corrected chi connectivity index (χ2v) is 8.12. The number of carbonyl (C=O) groups is 2. The van der Waals surface area contributed by atoms with Gasteiger partial charge in [-0.3, -0.25) is 9.59 Å². The lowest BCUT2D eigenvalue weighted by molar-refractivity contribution is -0.134. The molecule has 2 fully saturated rings. The number of ether oxygens (including phenoxy) is 1. The van der Waals surface area contributed by atoms with Crippen molar-refractivity contribution in [3.05, 3.63) is 29.8 Å². The molecule has 1 unspecified atom stereocenters. The van der Waals surface area contributed by atoms with Gasteiger partial charge in [0, 0.05) is 37.8 Å². The van der Waals surface area contributed by atoms with Gasteiger partial charge in [-0.2, -0.15) is 0 Å². The molecule has 1 aromatic rings. The number of hydrogen-bond donors (Lipinski definition) is 0. The van der Waals surface area contributed by atoms with Gasteiger partial charge >= 0.3 is 0 Å². The molecule has 2 aliphatic heterocycles. The normalized spacial score (nSPS) is 20.8. The quantitative estimate of drug-likeness (QED) is 0.779. The summed E-state index contributed by atoms with van der Waals surface area (Å²) in [5.41, 5.74) is 0.627. The summed E-state index contributed by atoms with van der Waals surface area (Å²) < 4.78 is 5.71. The van der Waals surface area contributed by atoms with E-state index in [4.69, 9.17) is 4.74 Å². The van der Waals surface area contributed by atoms with Crippen molar-refractivity contribution in [3.63, 3.8) is 0 Å². The molecule has 1 atom stereocenters. The number of nitrogens with zero attached hydrogens (tertiary/aromatic N) is 3. The second kappa shape index (κ2) is 9.92. The monoisotopic (exact) mass is 387 g/mol. The van der Waals surface area contributed by atoms with Crippen molar-refractivity contribution in [1.82, 2.24) is 14.7 Å². The smallest absolute Gasteiger partial charge is 0.260 e. The van der Waals surface area contributed by atoms with Gasteiger partial charge in [-0.05, 0) is 64.4 Å². The Kier molecular flexibility index (Phi) is 7.31. The molecule has 2 amide bonds. The van der Waals surface area contributed by atoms with E-state index >= 15 is 0 Å². The molecule has 0 aromatic heterocycles. The summed E-state index contributed by atoms with van der Waals surface area (Å²) in [6, 6.07) is 7.63. The van der Waals surface area contributed by atoms with E-state index in [0.717, 1.165) is 58.3 Å². The fourth-order valence-electron chi connectivity index (χ4n) is 4.01. The van der Waals surface area contributed by atoms with Crippen LogP contribution in [0.3, 0.4) is 0 Å². The molecule has 6 nitrogen and oxygen atoms in total. The van der Waals surface area contributed by atoms with Gasteiger partial charge in [-0.15, -0.1) is 0 Å². The van der Waals surface area contributed by atoms with Crippen LogP contribution in [0.15, 0.2) is 24.3 Å². The summed E-state index contributed by atoms with van der Waals surface area (Å²) in [5.74, 6) is 0.648. The Hall–Kier alpha value is -2.08. The van der Waals surface area contributed by atoms with Crippen molar-refractivity contribution in [3.8, 4) is 5.75 Å². The molecule has 0 saturated carbocycles. The van der Waals surface area contributed by atoms with Crippen molar-refractivity contribution in [1.29, 1.82) is 0 Å². The Morgan fingerprint density at radius 1 is 1.04 bits per heavy atom. The zero-order chi connectivity index (χ0) is 19.9. The first-order valence-electron chi connectivity index (χ1n) is 10.5. The molecule has 154 valence electrons. The lowest BCUT2D eigenvalue weighted by Gasteiger charge is -2.28. The topological polar surface area (TPSA) is 53.1 Å². The Bertz CT molecular complexity index is 671. The molecule has 3 rings (SSSR count). The van der Waals surface area contributed by atoms with Crippen molar-refractivity contribution in [2.75, 3.05) is 46.9 Å². The third-order valence-electron chi connectivity index (χ3n) is 5.82. The number of benzene rings is 1. The van der Waals surface area contributed by atoms with Crippen molar-refractivity contribution in [2.45, 2.75) is 44.6 Å². The Labute approximate surface area is 168 Å². The van der Waals surface area contributed by atoms with Gasteiger partial charge in [-0.1, -0.05) is 12.5 Å². The Morgan fingerprint density at radius 2 is 1.75 bits per heavy atom. The fraction of sp³-hybridized carbons (Fsp3) is 0.636. The zero-order valence-corrected chi connectivity index (χ0v) is 17.2. The van der Waals surface area contributed by atoms with Crippen molar-refractivity contribution >= 4 is 11.8 Å². The molecule has 2 heterocycles. The highest BCUT2D eigenvalue weighted by molar-refractivity contribution is 5.94. The first kappa shape index (κ1) is 20.6. The van der Waals surface area contributed by atoms with Crippen LogP contribution in [-0.4, -0.2) is 79.4 Å². The Balaban J connectivity index is 1.60. The zero-order valence-electron chi connectivity index (χ0n) is 17.2. The van der Waals surface area contributed by atoms with Gasteiger partial charge in [0.2, 0.25) is 0 Å². The summed E-state index contributed by atoms with van der Waals surface area (Å²) in [5, 5.41) is 0. The molecule has 1 aromatic carbocycles. The highest BCUT2D eigenvalue weighted by atomic mass is 16.5. The van der Waals surface area contributed by atoms with Gasteiger partial charge < -0.3 is 19.4 Å². The third kappa shape index (κ3) is 5.47. The first-order valence-corrected chi connectivity index (χ1v) is 10.5. The number of likely N-dealkylation sites (N-methyl/N-ethyl adjacent to an activating group) is 1. The van der Waals surface area contributed by atoms with Crippen LogP contribution in [-0.2, 0) is 4.79 Å². The largest absolute Gasteiger partial charge is 0.484 e. The maximum absolute atomic E-state index is 13.0. The third-order valence-corrected chi connectivity index (χ3v) is 5.82. The maximum atomic E-state index is 13.0. The fourth-order valence-corrected chi connectivity index (χ4v) is 4.01. The number of piperidine rings is 1. The van der Waals surface area contributed by atoms with E-state index in [1.807, 2.05) is 28.0 Å². The predicted octanol–water partition coefficient (Wildman–Crippen LogP) is 2.63. The molecule has 0 N–H and O–H groups in total. The number of carbonyl (C=O) groups excluding carboxylic acids is 2. The van der Waals surface area contributed by atoms with E-state index in [-0.39, 0.29) is 18.4 Å². The number of amides is 2. The molecule has 28 heavy (non-hydrogen) atoms. The molecular weight excluding hydrogens is 354 g/mol. The van der Waals surface area contributed by atoms with Gasteiger partial charge in [0.15, 0.2) is 6.61 Å². The van der Waals surface area contributed by atoms with Crippen LogP contribution >= 0.6 is 0 Å². The lowest BCUT2D eigenvalue weighted by atomic mass is 10.1. The standard InChI is InChI=1S/C22H33N3O3/c1-23(2)19-10-4-7-14-25(16-19)22(27)18-9-8-11-20(15-18)28-17-21(26)24-12-5-3-6-13-24/h8-9,11,15,19H,3-7,10,12-14,16-17H2,1-2H3.